The highest BCUT2D eigenvalue weighted by atomic mass is 16.2. The molecule has 0 saturated heterocycles. The first-order valence-electron chi connectivity index (χ1n) is 2.54. The Morgan fingerprint density at radius 3 is 2.44 bits per heavy atom. The van der Waals surface area contributed by atoms with Gasteiger partial charge in [0.25, 0.3) is 0 Å². The number of nitrogens with zero attached hydrogens (tertiary/aromatic N) is 1. The fourth-order valence-corrected chi connectivity index (χ4v) is 0.377. The van der Waals surface area contributed by atoms with E-state index in [1.807, 2.05) is 0 Å². The van der Waals surface area contributed by atoms with Crippen molar-refractivity contribution in [2.75, 3.05) is 6.67 Å². The monoisotopic (exact) mass is 128 g/mol. The molecule has 0 atom stereocenters. The number of Topliss-reactive ketones (excluding diaryl/α,β-unsaturated/α-hetero) is 1. The molecular weight excluding hydrogens is 120 g/mol. The summed E-state index contributed by atoms with van der Waals surface area (Å²) in [5.41, 5.74) is 8.11. The molecule has 0 heterocycles. The van der Waals surface area contributed by atoms with Crippen molar-refractivity contribution in [3.05, 3.63) is 0 Å². The molecular formula is C5H8N2O2. The van der Waals surface area contributed by atoms with Gasteiger partial charge in [-0.3, -0.25) is 9.59 Å². The Kier molecular flexibility index (Phi) is 3.62. The van der Waals surface area contributed by atoms with E-state index in [9.17, 15) is 9.59 Å². The molecule has 0 bridgehead atoms. The lowest BCUT2D eigenvalue weighted by Gasteiger charge is -1.94. The van der Waals surface area contributed by atoms with Crippen molar-refractivity contribution in [2.45, 2.75) is 13.3 Å². The molecule has 1 amide bonds. The van der Waals surface area contributed by atoms with Gasteiger partial charge in [0.1, 0.15) is 12.5 Å². The van der Waals surface area contributed by atoms with E-state index in [-0.39, 0.29) is 12.2 Å². The summed E-state index contributed by atoms with van der Waals surface area (Å²) in [7, 11) is 0. The second kappa shape index (κ2) is 4.03. The minimum Gasteiger partial charge on any atom is -0.340 e. The van der Waals surface area contributed by atoms with Gasteiger partial charge in [0.2, 0.25) is 5.91 Å². The van der Waals surface area contributed by atoms with Gasteiger partial charge in [0.15, 0.2) is 0 Å². The lowest BCUT2D eigenvalue weighted by Crippen LogP contribution is -2.26. The van der Waals surface area contributed by atoms with Crippen LogP contribution in [0.5, 0.6) is 0 Å². The molecule has 0 aromatic heterocycles. The van der Waals surface area contributed by atoms with Crippen molar-refractivity contribution in [1.29, 1.82) is 0 Å². The highest BCUT2D eigenvalue weighted by molar-refractivity contribution is 5.96. The standard InChI is InChI=1S/C5H8N2O2/c1-4(8)2-5(9)7-3-6/h2-3H2,1H3,(H,7,9). The maximum Gasteiger partial charge on any atom is 0.228 e. The van der Waals surface area contributed by atoms with Crippen LogP contribution in [-0.2, 0) is 9.59 Å². The molecule has 1 N–H and O–H groups in total. The molecule has 2 radical (unpaired) electrons. The third-order valence-electron chi connectivity index (χ3n) is 0.686. The lowest BCUT2D eigenvalue weighted by atomic mass is 10.3. The zero-order valence-corrected chi connectivity index (χ0v) is 5.18. The largest absolute Gasteiger partial charge is 0.340 e. The first-order chi connectivity index (χ1) is 4.16. The van der Waals surface area contributed by atoms with Crippen LogP contribution < -0.4 is 11.1 Å². The molecule has 0 spiro atoms. The number of rotatable bonds is 3. The van der Waals surface area contributed by atoms with E-state index < -0.39 is 12.6 Å². The Balaban J connectivity index is 3.39. The zero-order valence-electron chi connectivity index (χ0n) is 5.18. The first-order valence-corrected chi connectivity index (χ1v) is 2.54. The number of amides is 1. The second-order valence-corrected chi connectivity index (χ2v) is 1.64. The summed E-state index contributed by atoms with van der Waals surface area (Å²) in [6.07, 6.45) is -0.152. The summed E-state index contributed by atoms with van der Waals surface area (Å²) >= 11 is 0. The summed E-state index contributed by atoms with van der Waals surface area (Å²) in [5, 5.41) is 2.07. The summed E-state index contributed by atoms with van der Waals surface area (Å²) in [6, 6.07) is 0. The molecule has 0 rings (SSSR count). The average Bonchev–Trinajstić information content (AvgIpc) is 1.63. The van der Waals surface area contributed by atoms with Crippen LogP contribution in [-0.4, -0.2) is 18.4 Å². The van der Waals surface area contributed by atoms with Gasteiger partial charge in [-0.05, 0) is 6.92 Å². The number of carbonyl (C=O) groups excluding carboxylic acids is 2. The average molecular weight is 128 g/mol. The summed E-state index contributed by atoms with van der Waals surface area (Å²) < 4.78 is 0. The fraction of sp³-hybridized carbons (Fsp3) is 0.600. The molecule has 0 fully saturated rings. The molecule has 50 valence electrons. The van der Waals surface area contributed by atoms with Gasteiger partial charge >= 0.3 is 0 Å². The second-order valence-electron chi connectivity index (χ2n) is 1.64. The summed E-state index contributed by atoms with van der Waals surface area (Å²) in [5.74, 6) is -0.647. The van der Waals surface area contributed by atoms with Crippen LogP contribution in [0, 0.1) is 0 Å². The predicted molar refractivity (Wildman–Crippen MR) is 30.4 cm³/mol. The Labute approximate surface area is 53.4 Å². The van der Waals surface area contributed by atoms with Crippen molar-refractivity contribution in [2.24, 2.45) is 0 Å². The number of carbonyl (C=O) groups is 2. The van der Waals surface area contributed by atoms with Crippen LogP contribution in [0.1, 0.15) is 13.3 Å². The van der Waals surface area contributed by atoms with Crippen molar-refractivity contribution >= 4 is 11.7 Å². The number of nitrogens with one attached hydrogen (secondary N) is 1. The normalized spacial score (nSPS) is 8.67. The van der Waals surface area contributed by atoms with E-state index in [0.29, 0.717) is 0 Å². The Hall–Kier alpha value is -0.900. The molecule has 0 aromatic rings. The van der Waals surface area contributed by atoms with Gasteiger partial charge < -0.3 is 5.32 Å². The van der Waals surface area contributed by atoms with Crippen LogP contribution in [0.15, 0.2) is 0 Å². The number of hydrogen-bond acceptors (Lipinski definition) is 2. The van der Waals surface area contributed by atoms with E-state index in [4.69, 9.17) is 5.73 Å². The molecule has 9 heavy (non-hydrogen) atoms. The molecule has 0 aliphatic heterocycles. The maximum absolute atomic E-state index is 10.4. The number of hydrogen-bond donors (Lipinski definition) is 1. The van der Waals surface area contributed by atoms with Gasteiger partial charge in [0.05, 0.1) is 6.42 Å². The van der Waals surface area contributed by atoms with Gasteiger partial charge in [-0.25, -0.2) is 0 Å². The Morgan fingerprint density at radius 2 is 2.11 bits per heavy atom. The predicted octanol–water partition coefficient (Wildman–Crippen LogP) is -0.892. The quantitative estimate of drug-likeness (QED) is 0.501. The molecule has 0 aliphatic carbocycles. The first kappa shape index (κ1) is 8.10. The van der Waals surface area contributed by atoms with Crippen LogP contribution in [0.25, 0.3) is 0 Å². The zero-order chi connectivity index (χ0) is 7.28. The summed E-state index contributed by atoms with van der Waals surface area (Å²) in [4.78, 5) is 20.5. The van der Waals surface area contributed by atoms with Crippen molar-refractivity contribution < 1.29 is 9.59 Å². The maximum atomic E-state index is 10.4. The fourth-order valence-electron chi connectivity index (χ4n) is 0.377. The summed E-state index contributed by atoms with van der Waals surface area (Å²) in [6.45, 7) is 0.906. The van der Waals surface area contributed by atoms with Crippen LogP contribution in [0.3, 0.4) is 0 Å². The van der Waals surface area contributed by atoms with Gasteiger partial charge in [0, 0.05) is 0 Å². The Morgan fingerprint density at radius 1 is 1.56 bits per heavy atom. The third-order valence-corrected chi connectivity index (χ3v) is 0.686. The van der Waals surface area contributed by atoms with E-state index in [2.05, 4.69) is 5.32 Å². The van der Waals surface area contributed by atoms with E-state index in [0.717, 1.165) is 0 Å². The van der Waals surface area contributed by atoms with Crippen molar-refractivity contribution in [1.82, 2.24) is 11.1 Å². The molecule has 0 aromatic carbocycles. The van der Waals surface area contributed by atoms with Crippen LogP contribution in [0.4, 0.5) is 0 Å². The van der Waals surface area contributed by atoms with Crippen LogP contribution in [0.2, 0.25) is 0 Å². The molecule has 4 heteroatoms. The highest BCUT2D eigenvalue weighted by Gasteiger charge is 2.01. The van der Waals surface area contributed by atoms with E-state index in [1.54, 1.807) is 0 Å². The minimum absolute atomic E-state index is 0.152. The molecule has 0 saturated carbocycles. The molecule has 4 nitrogen and oxygen atoms in total. The third kappa shape index (κ3) is 4.96. The Bertz CT molecular complexity index is 122. The molecule has 0 aliphatic rings. The lowest BCUT2D eigenvalue weighted by molar-refractivity contribution is -0.127. The smallest absolute Gasteiger partial charge is 0.228 e. The van der Waals surface area contributed by atoms with E-state index in [1.165, 1.54) is 6.92 Å². The van der Waals surface area contributed by atoms with Gasteiger partial charge in [-0.1, -0.05) is 0 Å². The SMILES string of the molecule is CC(=O)CC(=O)NC[N]. The van der Waals surface area contributed by atoms with Gasteiger partial charge in [-0.15, -0.1) is 5.73 Å². The number of ketones is 1. The van der Waals surface area contributed by atoms with E-state index >= 15 is 0 Å². The van der Waals surface area contributed by atoms with Crippen molar-refractivity contribution in [3.8, 4) is 0 Å². The van der Waals surface area contributed by atoms with Crippen LogP contribution >= 0.6 is 0 Å². The van der Waals surface area contributed by atoms with Gasteiger partial charge in [-0.2, -0.15) is 0 Å². The topological polar surface area (TPSA) is 68.5 Å². The molecule has 0 unspecified atom stereocenters. The van der Waals surface area contributed by atoms with Crippen molar-refractivity contribution in [3.63, 3.8) is 0 Å². The minimum atomic E-state index is -0.440. The highest BCUT2D eigenvalue weighted by Crippen LogP contribution is 1.78.